The molecule has 1 aromatic carbocycles. The molecule has 2 aromatic rings. The van der Waals surface area contributed by atoms with Crippen LogP contribution in [0.15, 0.2) is 54.9 Å². The molecule has 0 amide bonds. The summed E-state index contributed by atoms with van der Waals surface area (Å²) in [6.45, 7) is 0. The molecule has 0 bridgehead atoms. The van der Waals surface area contributed by atoms with Gasteiger partial charge in [0.2, 0.25) is 0 Å². The van der Waals surface area contributed by atoms with E-state index in [2.05, 4.69) is 11.1 Å². The second kappa shape index (κ2) is 8.73. The van der Waals surface area contributed by atoms with Crippen LogP contribution in [0, 0.1) is 0 Å². The minimum atomic E-state index is -0.741. The van der Waals surface area contributed by atoms with Crippen molar-refractivity contribution in [3.8, 4) is 5.75 Å². The van der Waals surface area contributed by atoms with Gasteiger partial charge in [-0.2, -0.15) is 0 Å². The molecule has 120 valence electrons. The van der Waals surface area contributed by atoms with Crippen molar-refractivity contribution in [3.63, 3.8) is 0 Å². The largest absolute Gasteiger partial charge is 0.497 e. The quantitative estimate of drug-likeness (QED) is 0.743. The number of aromatic nitrogens is 1. The summed E-state index contributed by atoms with van der Waals surface area (Å²) in [5.41, 5.74) is 3.20. The lowest BCUT2D eigenvalue weighted by atomic mass is 9.97. The molecule has 0 unspecified atom stereocenters. The van der Waals surface area contributed by atoms with Gasteiger partial charge in [0.15, 0.2) is 0 Å². The number of benzene rings is 1. The molecule has 0 aliphatic carbocycles. The Labute approximate surface area is 136 Å². The highest BCUT2D eigenvalue weighted by Gasteiger charge is 2.06. The third-order valence-corrected chi connectivity index (χ3v) is 3.55. The van der Waals surface area contributed by atoms with Crippen LogP contribution in [0.25, 0.3) is 5.57 Å². The number of ether oxygens (including phenoxy) is 1. The van der Waals surface area contributed by atoms with Gasteiger partial charge in [0.25, 0.3) is 0 Å². The van der Waals surface area contributed by atoms with Crippen LogP contribution in [-0.2, 0) is 4.79 Å². The first-order valence-corrected chi connectivity index (χ1v) is 7.67. The van der Waals surface area contributed by atoms with Gasteiger partial charge in [-0.1, -0.05) is 24.3 Å². The Morgan fingerprint density at radius 1 is 1.22 bits per heavy atom. The Kier molecular flexibility index (Phi) is 6.36. The first-order valence-electron chi connectivity index (χ1n) is 7.67. The summed E-state index contributed by atoms with van der Waals surface area (Å²) in [6, 6.07) is 11.8. The van der Waals surface area contributed by atoms with Crippen LogP contribution < -0.4 is 4.74 Å². The van der Waals surface area contributed by atoms with Gasteiger partial charge in [-0.3, -0.25) is 9.78 Å². The lowest BCUT2D eigenvalue weighted by Crippen LogP contribution is -1.94. The number of carboxylic acids is 1. The van der Waals surface area contributed by atoms with Crippen molar-refractivity contribution in [3.05, 3.63) is 66.0 Å². The second-order valence-electron chi connectivity index (χ2n) is 5.23. The number of rotatable bonds is 8. The van der Waals surface area contributed by atoms with Crippen molar-refractivity contribution >= 4 is 11.5 Å². The number of hydrogen-bond acceptors (Lipinski definition) is 3. The fraction of sp³-hybridized carbons (Fsp3) is 0.263. The molecule has 0 aliphatic heterocycles. The molecule has 0 atom stereocenters. The monoisotopic (exact) mass is 311 g/mol. The molecule has 1 aromatic heterocycles. The Morgan fingerprint density at radius 2 is 2.04 bits per heavy atom. The lowest BCUT2D eigenvalue weighted by Gasteiger charge is -2.10. The molecule has 0 fully saturated rings. The molecule has 23 heavy (non-hydrogen) atoms. The molecular formula is C19H21NO3. The van der Waals surface area contributed by atoms with E-state index in [1.54, 1.807) is 13.3 Å². The number of aliphatic carboxylic acids is 1. The summed E-state index contributed by atoms with van der Waals surface area (Å²) < 4.78 is 5.30. The van der Waals surface area contributed by atoms with E-state index in [4.69, 9.17) is 9.84 Å². The first-order chi connectivity index (χ1) is 11.2. The van der Waals surface area contributed by atoms with Crippen LogP contribution in [0.1, 0.15) is 36.8 Å². The molecule has 1 N–H and O–H groups in total. The summed E-state index contributed by atoms with van der Waals surface area (Å²) in [5.74, 6) is 0.0671. The number of allylic oxidation sites excluding steroid dienone is 1. The zero-order valence-electron chi connectivity index (χ0n) is 13.2. The number of unbranched alkanes of at least 4 members (excludes halogenated alkanes) is 2. The molecule has 0 spiro atoms. The molecule has 0 aliphatic rings. The average Bonchev–Trinajstić information content (AvgIpc) is 2.58. The van der Waals surface area contributed by atoms with Crippen LogP contribution in [-0.4, -0.2) is 23.2 Å². The lowest BCUT2D eigenvalue weighted by molar-refractivity contribution is -0.137. The Hall–Kier alpha value is -2.62. The predicted octanol–water partition coefficient (Wildman–Crippen LogP) is 4.17. The van der Waals surface area contributed by atoms with Crippen LogP contribution in [0.5, 0.6) is 5.75 Å². The fourth-order valence-electron chi connectivity index (χ4n) is 2.38. The van der Waals surface area contributed by atoms with Crippen LogP contribution in [0.2, 0.25) is 0 Å². The van der Waals surface area contributed by atoms with E-state index in [9.17, 15) is 4.79 Å². The maximum Gasteiger partial charge on any atom is 0.303 e. The van der Waals surface area contributed by atoms with E-state index in [0.29, 0.717) is 6.42 Å². The number of carbonyl (C=O) groups is 1. The van der Waals surface area contributed by atoms with Gasteiger partial charge in [0.05, 0.1) is 7.11 Å². The third kappa shape index (κ3) is 5.25. The SMILES string of the molecule is COc1cccc(/C(=C\CCCCC(=O)O)c2cccnc2)c1. The molecule has 2 rings (SSSR count). The van der Waals surface area contributed by atoms with Gasteiger partial charge in [-0.05, 0) is 48.6 Å². The molecule has 4 heteroatoms. The van der Waals surface area contributed by atoms with Crippen molar-refractivity contribution in [1.82, 2.24) is 4.98 Å². The summed E-state index contributed by atoms with van der Waals surface area (Å²) in [7, 11) is 1.65. The molecule has 1 heterocycles. The fourth-order valence-corrected chi connectivity index (χ4v) is 2.38. The maximum atomic E-state index is 10.6. The highest BCUT2D eigenvalue weighted by Crippen LogP contribution is 2.26. The minimum Gasteiger partial charge on any atom is -0.497 e. The smallest absolute Gasteiger partial charge is 0.303 e. The van der Waals surface area contributed by atoms with Crippen molar-refractivity contribution in [2.24, 2.45) is 0 Å². The second-order valence-corrected chi connectivity index (χ2v) is 5.23. The van der Waals surface area contributed by atoms with Gasteiger partial charge < -0.3 is 9.84 Å². The highest BCUT2D eigenvalue weighted by atomic mass is 16.5. The normalized spacial score (nSPS) is 11.3. The number of methoxy groups -OCH3 is 1. The average molecular weight is 311 g/mol. The Balaban J connectivity index is 2.20. The number of pyridine rings is 1. The molecule has 0 radical (unpaired) electrons. The third-order valence-electron chi connectivity index (χ3n) is 3.55. The molecular weight excluding hydrogens is 290 g/mol. The Morgan fingerprint density at radius 3 is 2.74 bits per heavy atom. The number of carboxylic acid groups (broad SMARTS) is 1. The van der Waals surface area contributed by atoms with E-state index in [1.807, 2.05) is 42.6 Å². The van der Waals surface area contributed by atoms with Gasteiger partial charge >= 0.3 is 5.97 Å². The summed E-state index contributed by atoms with van der Waals surface area (Å²) in [6.07, 6.45) is 8.31. The summed E-state index contributed by atoms with van der Waals surface area (Å²) in [5, 5.41) is 8.70. The van der Waals surface area contributed by atoms with Crippen molar-refractivity contribution in [1.29, 1.82) is 0 Å². The number of nitrogens with zero attached hydrogens (tertiary/aromatic N) is 1. The zero-order valence-corrected chi connectivity index (χ0v) is 13.2. The maximum absolute atomic E-state index is 10.6. The highest BCUT2D eigenvalue weighted by molar-refractivity contribution is 5.79. The molecule has 0 saturated carbocycles. The minimum absolute atomic E-state index is 0.217. The zero-order chi connectivity index (χ0) is 16.5. The van der Waals surface area contributed by atoms with E-state index in [-0.39, 0.29) is 6.42 Å². The first kappa shape index (κ1) is 16.7. The Bertz CT molecular complexity index is 665. The predicted molar refractivity (Wildman–Crippen MR) is 90.4 cm³/mol. The van der Waals surface area contributed by atoms with Crippen molar-refractivity contribution in [2.75, 3.05) is 7.11 Å². The van der Waals surface area contributed by atoms with Crippen molar-refractivity contribution < 1.29 is 14.6 Å². The van der Waals surface area contributed by atoms with E-state index < -0.39 is 5.97 Å². The standard InChI is InChI=1S/C19H21NO3/c1-23-17-9-5-7-15(13-17)18(16-8-6-12-20-14-16)10-3-2-4-11-19(21)22/h5-10,12-14H,2-4,11H2,1H3,(H,21,22)/b18-10+. The molecule has 0 saturated heterocycles. The summed E-state index contributed by atoms with van der Waals surface area (Å²) in [4.78, 5) is 14.8. The van der Waals surface area contributed by atoms with Gasteiger partial charge in [-0.15, -0.1) is 0 Å². The topological polar surface area (TPSA) is 59.4 Å². The molecule has 4 nitrogen and oxygen atoms in total. The van der Waals surface area contributed by atoms with Crippen LogP contribution in [0.3, 0.4) is 0 Å². The van der Waals surface area contributed by atoms with Gasteiger partial charge in [0, 0.05) is 24.4 Å². The van der Waals surface area contributed by atoms with Crippen LogP contribution in [0.4, 0.5) is 0 Å². The van der Waals surface area contributed by atoms with Gasteiger partial charge in [0.1, 0.15) is 5.75 Å². The van der Waals surface area contributed by atoms with Crippen molar-refractivity contribution in [2.45, 2.75) is 25.7 Å². The van der Waals surface area contributed by atoms with E-state index in [1.165, 1.54) is 0 Å². The summed E-state index contributed by atoms with van der Waals surface area (Å²) >= 11 is 0. The van der Waals surface area contributed by atoms with E-state index in [0.717, 1.165) is 35.3 Å². The van der Waals surface area contributed by atoms with E-state index >= 15 is 0 Å². The van der Waals surface area contributed by atoms with Gasteiger partial charge in [-0.25, -0.2) is 0 Å². The van der Waals surface area contributed by atoms with Crippen LogP contribution >= 0.6 is 0 Å². The number of hydrogen-bond donors (Lipinski definition) is 1.